The molecule has 78 valence electrons. The summed E-state index contributed by atoms with van der Waals surface area (Å²) in [5, 5.41) is 0. The third kappa shape index (κ3) is 1.67. The number of rotatable bonds is 1. The molecule has 0 bridgehead atoms. The lowest BCUT2D eigenvalue weighted by Gasteiger charge is -2.12. The number of fused-ring (bicyclic) bond motifs is 1. The van der Waals surface area contributed by atoms with Crippen LogP contribution in [-0.4, -0.2) is 0 Å². The fourth-order valence-corrected chi connectivity index (χ4v) is 2.25. The summed E-state index contributed by atoms with van der Waals surface area (Å²) < 4.78 is 0. The highest BCUT2D eigenvalue weighted by molar-refractivity contribution is 5.65. The lowest BCUT2D eigenvalue weighted by molar-refractivity contribution is 1.09. The first-order chi connectivity index (χ1) is 7.93. The van der Waals surface area contributed by atoms with Crippen LogP contribution in [0.3, 0.4) is 0 Å². The van der Waals surface area contributed by atoms with Crippen molar-refractivity contribution in [1.82, 2.24) is 0 Å². The molecule has 0 aliphatic heterocycles. The van der Waals surface area contributed by atoms with E-state index in [2.05, 4.69) is 60.7 Å². The molecule has 0 nitrogen and oxygen atoms in total. The molecule has 0 heterocycles. The Morgan fingerprint density at radius 1 is 0.625 bits per heavy atom. The molecule has 2 aromatic carbocycles. The number of allylic oxidation sites excluding steroid dienone is 2. The Morgan fingerprint density at radius 2 is 1.38 bits per heavy atom. The van der Waals surface area contributed by atoms with Crippen molar-refractivity contribution >= 4 is 0 Å². The van der Waals surface area contributed by atoms with E-state index in [1.165, 1.54) is 22.3 Å². The summed E-state index contributed by atoms with van der Waals surface area (Å²) in [5.74, 6) is 0. The van der Waals surface area contributed by atoms with Crippen LogP contribution in [0.15, 0.2) is 60.7 Å². The van der Waals surface area contributed by atoms with E-state index >= 15 is 0 Å². The molecule has 1 aliphatic carbocycles. The van der Waals surface area contributed by atoms with Crippen LogP contribution in [0.1, 0.15) is 11.1 Å². The second-order valence-electron chi connectivity index (χ2n) is 4.23. The first-order valence-electron chi connectivity index (χ1n) is 5.76. The minimum Gasteiger partial charge on any atom is -0.0838 e. The Morgan fingerprint density at radius 3 is 2.19 bits per heavy atom. The SMILES string of the molecule is C1=CCc2cc(-c3ccccc3)ccc2C1. The van der Waals surface area contributed by atoms with Crippen LogP contribution in [0, 0.1) is 0 Å². The Bertz CT molecular complexity index is 521. The summed E-state index contributed by atoms with van der Waals surface area (Å²) in [7, 11) is 0. The minimum absolute atomic E-state index is 1.08. The topological polar surface area (TPSA) is 0 Å². The van der Waals surface area contributed by atoms with Crippen LogP contribution < -0.4 is 0 Å². The summed E-state index contributed by atoms with van der Waals surface area (Å²) in [4.78, 5) is 0. The van der Waals surface area contributed by atoms with Gasteiger partial charge in [0.2, 0.25) is 0 Å². The van der Waals surface area contributed by atoms with E-state index in [1.807, 2.05) is 0 Å². The van der Waals surface area contributed by atoms with Crippen molar-refractivity contribution < 1.29 is 0 Å². The molecule has 0 fully saturated rings. The van der Waals surface area contributed by atoms with Gasteiger partial charge in [0.05, 0.1) is 0 Å². The predicted octanol–water partition coefficient (Wildman–Crippen LogP) is 4.01. The lowest BCUT2D eigenvalue weighted by Crippen LogP contribution is -1.97. The van der Waals surface area contributed by atoms with Gasteiger partial charge in [-0.05, 0) is 35.1 Å². The van der Waals surface area contributed by atoms with Gasteiger partial charge in [0.1, 0.15) is 0 Å². The van der Waals surface area contributed by atoms with E-state index in [1.54, 1.807) is 0 Å². The Kier molecular flexibility index (Phi) is 2.34. The second-order valence-corrected chi connectivity index (χ2v) is 4.23. The van der Waals surface area contributed by atoms with Crippen LogP contribution in [0.25, 0.3) is 11.1 Å². The van der Waals surface area contributed by atoms with E-state index < -0.39 is 0 Å². The fourth-order valence-electron chi connectivity index (χ4n) is 2.25. The molecule has 0 amide bonds. The van der Waals surface area contributed by atoms with Gasteiger partial charge in [-0.25, -0.2) is 0 Å². The molecule has 0 spiro atoms. The molecule has 0 atom stereocenters. The van der Waals surface area contributed by atoms with Crippen molar-refractivity contribution in [3.8, 4) is 11.1 Å². The van der Waals surface area contributed by atoms with Crippen molar-refractivity contribution in [3.05, 3.63) is 71.8 Å². The maximum Gasteiger partial charge on any atom is -0.00943 e. The van der Waals surface area contributed by atoms with Crippen molar-refractivity contribution in [1.29, 1.82) is 0 Å². The highest BCUT2D eigenvalue weighted by Gasteiger charge is 2.06. The summed E-state index contributed by atoms with van der Waals surface area (Å²) in [6, 6.07) is 17.4. The monoisotopic (exact) mass is 206 g/mol. The number of benzene rings is 2. The average molecular weight is 206 g/mol. The van der Waals surface area contributed by atoms with Gasteiger partial charge < -0.3 is 0 Å². The minimum atomic E-state index is 1.08. The van der Waals surface area contributed by atoms with E-state index in [0.717, 1.165) is 12.8 Å². The van der Waals surface area contributed by atoms with Crippen LogP contribution in [0.5, 0.6) is 0 Å². The van der Waals surface area contributed by atoms with E-state index in [0.29, 0.717) is 0 Å². The van der Waals surface area contributed by atoms with Gasteiger partial charge in [-0.3, -0.25) is 0 Å². The molecule has 2 aromatic rings. The summed E-state index contributed by atoms with van der Waals surface area (Å²) in [6.07, 6.45) is 6.68. The van der Waals surface area contributed by atoms with Crippen molar-refractivity contribution in [2.45, 2.75) is 12.8 Å². The molecule has 16 heavy (non-hydrogen) atoms. The summed E-state index contributed by atoms with van der Waals surface area (Å²) in [6.45, 7) is 0. The summed E-state index contributed by atoms with van der Waals surface area (Å²) >= 11 is 0. The Balaban J connectivity index is 2.05. The average Bonchev–Trinajstić information content (AvgIpc) is 2.39. The maximum absolute atomic E-state index is 2.33. The highest BCUT2D eigenvalue weighted by Crippen LogP contribution is 2.25. The maximum atomic E-state index is 2.33. The zero-order valence-corrected chi connectivity index (χ0v) is 9.19. The molecule has 0 radical (unpaired) electrons. The standard InChI is InChI=1S/C16H14/c1-2-6-13(7-3-1)16-11-10-14-8-4-5-9-15(14)12-16/h1-7,10-12H,8-9H2. The molecular weight excluding hydrogens is 192 g/mol. The first-order valence-corrected chi connectivity index (χ1v) is 5.76. The zero-order chi connectivity index (χ0) is 10.8. The molecule has 0 saturated heterocycles. The van der Waals surface area contributed by atoms with Gasteiger partial charge in [-0.15, -0.1) is 0 Å². The normalized spacial score (nSPS) is 13.5. The highest BCUT2D eigenvalue weighted by atomic mass is 14.1. The first kappa shape index (κ1) is 9.41. The Labute approximate surface area is 96.3 Å². The molecular formula is C16H14. The van der Waals surface area contributed by atoms with Crippen LogP contribution in [-0.2, 0) is 12.8 Å². The molecule has 0 heteroatoms. The van der Waals surface area contributed by atoms with Gasteiger partial charge >= 0.3 is 0 Å². The third-order valence-corrected chi connectivity index (χ3v) is 3.16. The van der Waals surface area contributed by atoms with Crippen LogP contribution in [0.2, 0.25) is 0 Å². The van der Waals surface area contributed by atoms with Crippen molar-refractivity contribution in [2.75, 3.05) is 0 Å². The van der Waals surface area contributed by atoms with E-state index in [9.17, 15) is 0 Å². The lowest BCUT2D eigenvalue weighted by atomic mass is 9.93. The Hall–Kier alpha value is -1.82. The van der Waals surface area contributed by atoms with Crippen LogP contribution in [0.4, 0.5) is 0 Å². The van der Waals surface area contributed by atoms with Gasteiger partial charge in [0, 0.05) is 0 Å². The quantitative estimate of drug-likeness (QED) is 0.618. The van der Waals surface area contributed by atoms with Crippen molar-refractivity contribution in [3.63, 3.8) is 0 Å². The van der Waals surface area contributed by atoms with Gasteiger partial charge in [0.25, 0.3) is 0 Å². The zero-order valence-electron chi connectivity index (χ0n) is 9.19. The molecule has 0 N–H and O–H groups in total. The predicted molar refractivity (Wildman–Crippen MR) is 68.4 cm³/mol. The molecule has 0 unspecified atom stereocenters. The van der Waals surface area contributed by atoms with Gasteiger partial charge in [-0.2, -0.15) is 0 Å². The molecule has 0 saturated carbocycles. The summed E-state index contributed by atoms with van der Waals surface area (Å²) in [5.41, 5.74) is 5.58. The smallest absolute Gasteiger partial charge is 0.00943 e. The number of hydrogen-bond donors (Lipinski definition) is 0. The second kappa shape index (κ2) is 3.97. The van der Waals surface area contributed by atoms with E-state index in [-0.39, 0.29) is 0 Å². The largest absolute Gasteiger partial charge is 0.0838 e. The number of hydrogen-bond acceptors (Lipinski definition) is 0. The van der Waals surface area contributed by atoms with Crippen molar-refractivity contribution in [2.24, 2.45) is 0 Å². The fraction of sp³-hybridized carbons (Fsp3) is 0.125. The van der Waals surface area contributed by atoms with E-state index in [4.69, 9.17) is 0 Å². The third-order valence-electron chi connectivity index (χ3n) is 3.16. The van der Waals surface area contributed by atoms with Gasteiger partial charge in [-0.1, -0.05) is 60.7 Å². The van der Waals surface area contributed by atoms with Gasteiger partial charge in [0.15, 0.2) is 0 Å². The molecule has 0 aromatic heterocycles. The van der Waals surface area contributed by atoms with Crippen LogP contribution >= 0.6 is 0 Å². The molecule has 3 rings (SSSR count). The molecule has 1 aliphatic rings.